The van der Waals surface area contributed by atoms with Gasteiger partial charge in [0.1, 0.15) is 17.3 Å². The number of amides is 1. The first-order valence-electron chi connectivity index (χ1n) is 13.1. The number of carbonyl (C=O) groups is 2. The van der Waals surface area contributed by atoms with E-state index in [0.717, 1.165) is 17.7 Å². The van der Waals surface area contributed by atoms with E-state index >= 15 is 0 Å². The first kappa shape index (κ1) is 29.7. The van der Waals surface area contributed by atoms with E-state index in [9.17, 15) is 27.9 Å². The number of hydrogen-bond acceptors (Lipinski definition) is 5. The zero-order valence-electron chi connectivity index (χ0n) is 23.5. The highest BCUT2D eigenvalue weighted by atomic mass is 19.4. The van der Waals surface area contributed by atoms with Crippen LogP contribution in [-0.4, -0.2) is 35.4 Å². The molecule has 1 unspecified atom stereocenters. The van der Waals surface area contributed by atoms with Crippen molar-refractivity contribution in [1.82, 2.24) is 4.90 Å². The van der Waals surface area contributed by atoms with Crippen LogP contribution in [0.4, 0.5) is 13.2 Å². The number of aliphatic hydroxyl groups is 1. The van der Waals surface area contributed by atoms with Gasteiger partial charge in [0.15, 0.2) is 0 Å². The molecule has 6 nitrogen and oxygen atoms in total. The van der Waals surface area contributed by atoms with Crippen LogP contribution in [0, 0.1) is 0 Å². The maximum absolute atomic E-state index is 13.5. The van der Waals surface area contributed by atoms with Crippen LogP contribution in [0.1, 0.15) is 61.6 Å². The van der Waals surface area contributed by atoms with Gasteiger partial charge in [0.05, 0.1) is 30.9 Å². The van der Waals surface area contributed by atoms with Gasteiger partial charge >= 0.3 is 6.18 Å². The molecule has 0 aromatic heterocycles. The van der Waals surface area contributed by atoms with Crippen molar-refractivity contribution in [3.05, 3.63) is 100 Å². The molecule has 1 N–H and O–H groups in total. The molecule has 0 saturated carbocycles. The highest BCUT2D eigenvalue weighted by Crippen LogP contribution is 2.42. The van der Waals surface area contributed by atoms with Crippen LogP contribution in [0.3, 0.4) is 0 Å². The number of methoxy groups -OCH3 is 1. The summed E-state index contributed by atoms with van der Waals surface area (Å²) in [6, 6.07) is 15.2. The number of rotatable bonds is 7. The molecule has 41 heavy (non-hydrogen) atoms. The lowest BCUT2D eigenvalue weighted by Crippen LogP contribution is -2.29. The van der Waals surface area contributed by atoms with Gasteiger partial charge in [-0.05, 0) is 65.9 Å². The van der Waals surface area contributed by atoms with Crippen LogP contribution >= 0.6 is 0 Å². The van der Waals surface area contributed by atoms with Crippen molar-refractivity contribution in [2.45, 2.75) is 51.9 Å². The number of nitrogens with zero attached hydrogens (tertiary/aromatic N) is 1. The van der Waals surface area contributed by atoms with Crippen molar-refractivity contribution < 1.29 is 37.3 Å². The highest BCUT2D eigenvalue weighted by Gasteiger charge is 2.46. The van der Waals surface area contributed by atoms with Gasteiger partial charge in [-0.1, -0.05) is 45.0 Å². The highest BCUT2D eigenvalue weighted by molar-refractivity contribution is 6.46. The molecule has 1 aliphatic heterocycles. The molecule has 216 valence electrons. The molecule has 3 aromatic carbocycles. The fourth-order valence-corrected chi connectivity index (χ4v) is 4.94. The van der Waals surface area contributed by atoms with E-state index in [1.54, 1.807) is 42.5 Å². The number of hydrogen-bond donors (Lipinski definition) is 1. The number of Topliss-reactive ketones (excluding diaryl/α,β-unsaturated/α-hetero) is 1. The molecule has 9 heteroatoms. The summed E-state index contributed by atoms with van der Waals surface area (Å²) in [7, 11) is 1.46. The lowest BCUT2D eigenvalue weighted by atomic mass is 9.84. The third-order valence-electron chi connectivity index (χ3n) is 6.92. The van der Waals surface area contributed by atoms with Gasteiger partial charge in [0.2, 0.25) is 0 Å². The molecule has 1 fully saturated rings. The standard InChI is InChI=1S/C32H32F3NO5/c1-6-41-25-14-13-21(17-24(25)31(2,3)4)28(37)26-27(20-10-8-12-23(16-20)40-5)36(30(39)29(26)38)18-19-9-7-11-22(15-19)32(33,34)35/h7-17,27,37H,6,18H2,1-5H3/b28-26-. The van der Waals surface area contributed by atoms with Gasteiger partial charge in [-0.15, -0.1) is 0 Å². The largest absolute Gasteiger partial charge is 0.507 e. The van der Waals surface area contributed by atoms with Crippen molar-refractivity contribution in [2.24, 2.45) is 0 Å². The summed E-state index contributed by atoms with van der Waals surface area (Å²) in [5, 5.41) is 11.6. The summed E-state index contributed by atoms with van der Waals surface area (Å²) in [6.45, 7) is 7.96. The number of ketones is 1. The molecule has 0 radical (unpaired) electrons. The molecule has 0 aliphatic carbocycles. The second-order valence-corrected chi connectivity index (χ2v) is 10.8. The minimum atomic E-state index is -4.57. The summed E-state index contributed by atoms with van der Waals surface area (Å²) in [5.74, 6) is -1.18. The van der Waals surface area contributed by atoms with Crippen LogP contribution in [0.5, 0.6) is 11.5 Å². The molecular formula is C32H32F3NO5. The van der Waals surface area contributed by atoms with E-state index in [-0.39, 0.29) is 23.1 Å². The SMILES string of the molecule is CCOc1ccc(/C(O)=C2/C(=O)C(=O)N(Cc3cccc(C(F)(F)F)c3)C2c2cccc(OC)c2)cc1C(C)(C)C. The Bertz CT molecular complexity index is 1500. The molecule has 1 heterocycles. The Morgan fingerprint density at radius 2 is 1.68 bits per heavy atom. The van der Waals surface area contributed by atoms with Crippen molar-refractivity contribution in [1.29, 1.82) is 0 Å². The van der Waals surface area contributed by atoms with Gasteiger partial charge < -0.3 is 19.5 Å². The first-order chi connectivity index (χ1) is 19.3. The van der Waals surface area contributed by atoms with E-state index < -0.39 is 35.2 Å². The second-order valence-electron chi connectivity index (χ2n) is 10.8. The van der Waals surface area contributed by atoms with E-state index in [1.165, 1.54) is 24.1 Å². The van der Waals surface area contributed by atoms with Crippen molar-refractivity contribution in [2.75, 3.05) is 13.7 Å². The number of alkyl halides is 3. The van der Waals surface area contributed by atoms with E-state index in [1.807, 2.05) is 27.7 Å². The minimum absolute atomic E-state index is 0.167. The number of likely N-dealkylation sites (tertiary alicyclic amines) is 1. The average molecular weight is 568 g/mol. The first-order valence-corrected chi connectivity index (χ1v) is 13.1. The molecule has 1 atom stereocenters. The van der Waals surface area contributed by atoms with Crippen molar-refractivity contribution >= 4 is 17.4 Å². The van der Waals surface area contributed by atoms with Gasteiger partial charge in [0, 0.05) is 17.7 Å². The second kappa shape index (κ2) is 11.3. The summed E-state index contributed by atoms with van der Waals surface area (Å²) in [6.07, 6.45) is -4.57. The Kier molecular flexibility index (Phi) is 8.19. The van der Waals surface area contributed by atoms with E-state index in [2.05, 4.69) is 0 Å². The lowest BCUT2D eigenvalue weighted by molar-refractivity contribution is -0.140. The maximum atomic E-state index is 13.5. The smallest absolute Gasteiger partial charge is 0.416 e. The summed E-state index contributed by atoms with van der Waals surface area (Å²) < 4.78 is 51.3. The Balaban J connectivity index is 1.89. The monoisotopic (exact) mass is 567 g/mol. The van der Waals surface area contributed by atoms with Gasteiger partial charge in [0.25, 0.3) is 11.7 Å². The number of benzene rings is 3. The molecule has 0 bridgehead atoms. The fraction of sp³-hybridized carbons (Fsp3) is 0.312. The van der Waals surface area contributed by atoms with E-state index in [4.69, 9.17) is 9.47 Å². The molecule has 4 rings (SSSR count). The van der Waals surface area contributed by atoms with Crippen molar-refractivity contribution in [3.63, 3.8) is 0 Å². The lowest BCUT2D eigenvalue weighted by Gasteiger charge is -2.26. The zero-order valence-corrected chi connectivity index (χ0v) is 23.5. The van der Waals surface area contributed by atoms with Gasteiger partial charge in [-0.3, -0.25) is 9.59 Å². The quantitative estimate of drug-likeness (QED) is 0.188. The minimum Gasteiger partial charge on any atom is -0.507 e. The summed E-state index contributed by atoms with van der Waals surface area (Å²) in [4.78, 5) is 28.1. The maximum Gasteiger partial charge on any atom is 0.416 e. The normalized spacial score (nSPS) is 17.2. The summed E-state index contributed by atoms with van der Waals surface area (Å²) >= 11 is 0. The molecule has 1 aliphatic rings. The van der Waals surface area contributed by atoms with Gasteiger partial charge in [-0.25, -0.2) is 0 Å². The van der Waals surface area contributed by atoms with Crippen LogP contribution in [0.15, 0.2) is 72.3 Å². The Morgan fingerprint density at radius 1 is 0.976 bits per heavy atom. The Labute approximate surface area is 237 Å². The Morgan fingerprint density at radius 3 is 2.32 bits per heavy atom. The zero-order chi connectivity index (χ0) is 30.1. The number of aliphatic hydroxyl groups excluding tert-OH is 1. The third kappa shape index (κ3) is 6.09. The number of carbonyl (C=O) groups excluding carboxylic acids is 2. The number of ether oxygens (including phenoxy) is 2. The molecule has 1 amide bonds. The fourth-order valence-electron chi connectivity index (χ4n) is 4.94. The topological polar surface area (TPSA) is 76.1 Å². The number of halogens is 3. The Hall–Kier alpha value is -4.27. The van der Waals surface area contributed by atoms with Crippen LogP contribution < -0.4 is 9.47 Å². The molecule has 0 spiro atoms. The molecular weight excluding hydrogens is 535 g/mol. The average Bonchev–Trinajstić information content (AvgIpc) is 3.17. The summed E-state index contributed by atoms with van der Waals surface area (Å²) in [5.41, 5.74) is 0.336. The van der Waals surface area contributed by atoms with Gasteiger partial charge in [-0.2, -0.15) is 13.2 Å². The molecule has 1 saturated heterocycles. The van der Waals surface area contributed by atoms with E-state index in [0.29, 0.717) is 29.2 Å². The third-order valence-corrected chi connectivity index (χ3v) is 6.92. The predicted octanol–water partition coefficient (Wildman–Crippen LogP) is 7.03. The van der Waals surface area contributed by atoms with Crippen molar-refractivity contribution in [3.8, 4) is 11.5 Å². The van der Waals surface area contributed by atoms with Crippen LogP contribution in [0.2, 0.25) is 0 Å². The predicted molar refractivity (Wildman–Crippen MR) is 149 cm³/mol. The van der Waals surface area contributed by atoms with Crippen LogP contribution in [-0.2, 0) is 27.7 Å². The molecule has 3 aromatic rings. The van der Waals surface area contributed by atoms with Crippen LogP contribution in [0.25, 0.3) is 5.76 Å².